The molecule has 0 radical (unpaired) electrons. The third-order valence-corrected chi connectivity index (χ3v) is 5.82. The molecule has 4 nitrogen and oxygen atoms in total. The van der Waals surface area contributed by atoms with Crippen LogP contribution in [0.2, 0.25) is 0 Å². The first-order valence-corrected chi connectivity index (χ1v) is 7.98. The summed E-state index contributed by atoms with van der Waals surface area (Å²) in [4.78, 5) is 0.277. The average Bonchev–Trinajstić information content (AvgIpc) is 2.80. The minimum absolute atomic E-state index is 0.0468. The molecule has 0 aliphatic carbocycles. The van der Waals surface area contributed by atoms with Crippen LogP contribution in [0.3, 0.4) is 0 Å². The molecule has 2 atom stereocenters. The molecule has 0 bridgehead atoms. The number of nitriles is 1. The molecule has 1 aliphatic heterocycles. The Bertz CT molecular complexity index is 587. The van der Waals surface area contributed by atoms with Gasteiger partial charge < -0.3 is 0 Å². The molecule has 1 aromatic carbocycles. The summed E-state index contributed by atoms with van der Waals surface area (Å²) in [5.41, 5.74) is 0.473. The Morgan fingerprint density at radius 1 is 1.32 bits per heavy atom. The molecule has 102 valence electrons. The van der Waals surface area contributed by atoms with Crippen molar-refractivity contribution in [1.82, 2.24) is 4.31 Å². The predicted molar refractivity (Wildman–Crippen MR) is 73.0 cm³/mol. The summed E-state index contributed by atoms with van der Waals surface area (Å²) in [6, 6.07) is 8.27. The lowest BCUT2D eigenvalue weighted by atomic mass is 10.2. The van der Waals surface area contributed by atoms with Gasteiger partial charge in [0.25, 0.3) is 0 Å². The Kier molecular flexibility index (Phi) is 3.93. The monoisotopic (exact) mass is 278 g/mol. The second kappa shape index (κ2) is 5.32. The van der Waals surface area contributed by atoms with E-state index in [9.17, 15) is 8.42 Å². The fraction of sp³-hybridized carbons (Fsp3) is 0.500. The number of benzene rings is 1. The largest absolute Gasteiger partial charge is 0.243 e. The molecule has 19 heavy (non-hydrogen) atoms. The molecular weight excluding hydrogens is 260 g/mol. The van der Waals surface area contributed by atoms with E-state index < -0.39 is 10.0 Å². The molecule has 1 aliphatic rings. The number of rotatable bonds is 3. The van der Waals surface area contributed by atoms with Crippen molar-refractivity contribution in [2.45, 2.75) is 50.1 Å². The summed E-state index contributed by atoms with van der Waals surface area (Å²) in [5.74, 6) is 0. The third kappa shape index (κ3) is 2.51. The first-order chi connectivity index (χ1) is 9.00. The van der Waals surface area contributed by atoms with Crippen LogP contribution in [0, 0.1) is 11.3 Å². The highest BCUT2D eigenvalue weighted by molar-refractivity contribution is 7.89. The molecule has 0 spiro atoms. The first-order valence-electron chi connectivity index (χ1n) is 6.54. The lowest BCUT2D eigenvalue weighted by molar-refractivity contribution is 0.328. The van der Waals surface area contributed by atoms with Gasteiger partial charge in [-0.05, 0) is 50.5 Å². The van der Waals surface area contributed by atoms with Gasteiger partial charge in [-0.2, -0.15) is 9.57 Å². The maximum Gasteiger partial charge on any atom is 0.243 e. The van der Waals surface area contributed by atoms with Crippen molar-refractivity contribution >= 4 is 10.0 Å². The van der Waals surface area contributed by atoms with Crippen LogP contribution in [0.25, 0.3) is 0 Å². The van der Waals surface area contributed by atoms with Gasteiger partial charge in [0.2, 0.25) is 10.0 Å². The van der Waals surface area contributed by atoms with Gasteiger partial charge in [0.15, 0.2) is 0 Å². The first kappa shape index (κ1) is 14.0. The SMILES string of the molecule is CCC1CCC(C)N1S(=O)(=O)c1ccc(C#N)cc1. The fourth-order valence-electron chi connectivity index (χ4n) is 2.69. The van der Waals surface area contributed by atoms with E-state index in [2.05, 4.69) is 0 Å². The van der Waals surface area contributed by atoms with Crippen LogP contribution in [0.5, 0.6) is 0 Å². The van der Waals surface area contributed by atoms with Crippen LogP contribution in [0.1, 0.15) is 38.7 Å². The number of nitrogens with zero attached hydrogens (tertiary/aromatic N) is 2. The number of hydrogen-bond donors (Lipinski definition) is 0. The van der Waals surface area contributed by atoms with Crippen LogP contribution in [0.4, 0.5) is 0 Å². The highest BCUT2D eigenvalue weighted by Crippen LogP contribution is 2.32. The highest BCUT2D eigenvalue weighted by Gasteiger charge is 2.38. The van der Waals surface area contributed by atoms with Gasteiger partial charge in [0, 0.05) is 12.1 Å². The van der Waals surface area contributed by atoms with Gasteiger partial charge in [0.05, 0.1) is 16.5 Å². The van der Waals surface area contributed by atoms with Crippen LogP contribution >= 0.6 is 0 Å². The van der Waals surface area contributed by atoms with Gasteiger partial charge in [-0.1, -0.05) is 6.92 Å². The molecule has 0 saturated carbocycles. The maximum atomic E-state index is 12.7. The van der Waals surface area contributed by atoms with E-state index in [-0.39, 0.29) is 17.0 Å². The topological polar surface area (TPSA) is 61.2 Å². The molecule has 1 heterocycles. The van der Waals surface area contributed by atoms with Crippen molar-refractivity contribution in [3.63, 3.8) is 0 Å². The Balaban J connectivity index is 2.38. The van der Waals surface area contributed by atoms with E-state index in [1.807, 2.05) is 19.9 Å². The summed E-state index contributed by atoms with van der Waals surface area (Å²) in [6.07, 6.45) is 2.67. The lowest BCUT2D eigenvalue weighted by Crippen LogP contribution is -2.39. The molecule has 1 fully saturated rings. The lowest BCUT2D eigenvalue weighted by Gasteiger charge is -2.27. The molecule has 5 heteroatoms. The summed E-state index contributed by atoms with van der Waals surface area (Å²) in [6.45, 7) is 3.97. The van der Waals surface area contributed by atoms with Gasteiger partial charge in [-0.3, -0.25) is 0 Å². The zero-order valence-corrected chi connectivity index (χ0v) is 12.0. The van der Waals surface area contributed by atoms with Crippen molar-refractivity contribution in [1.29, 1.82) is 5.26 Å². The van der Waals surface area contributed by atoms with Crippen molar-refractivity contribution in [3.05, 3.63) is 29.8 Å². The Labute approximate surface area is 114 Å². The molecule has 0 aromatic heterocycles. The second-order valence-corrected chi connectivity index (χ2v) is 6.80. The number of hydrogen-bond acceptors (Lipinski definition) is 3. The second-order valence-electron chi connectivity index (χ2n) is 4.96. The standard InChI is InChI=1S/C14H18N2O2S/c1-3-13-7-4-11(2)16(13)19(17,18)14-8-5-12(10-15)6-9-14/h5-6,8-9,11,13H,3-4,7H2,1-2H3. The summed E-state index contributed by atoms with van der Waals surface area (Å²) >= 11 is 0. The third-order valence-electron chi connectivity index (χ3n) is 3.74. The molecule has 2 rings (SSSR count). The Morgan fingerprint density at radius 2 is 1.95 bits per heavy atom. The van der Waals surface area contributed by atoms with E-state index in [4.69, 9.17) is 5.26 Å². The quantitative estimate of drug-likeness (QED) is 0.853. The van der Waals surface area contributed by atoms with Gasteiger partial charge in [-0.15, -0.1) is 0 Å². The average molecular weight is 278 g/mol. The van der Waals surface area contributed by atoms with Crippen molar-refractivity contribution in [2.24, 2.45) is 0 Å². The normalized spacial score (nSPS) is 24.3. The highest BCUT2D eigenvalue weighted by atomic mass is 32.2. The predicted octanol–water partition coefficient (Wildman–Crippen LogP) is 2.51. The van der Waals surface area contributed by atoms with E-state index in [0.717, 1.165) is 19.3 Å². The smallest absolute Gasteiger partial charge is 0.207 e. The fourth-order valence-corrected chi connectivity index (χ4v) is 4.64. The number of sulfonamides is 1. The summed E-state index contributed by atoms with van der Waals surface area (Å²) < 4.78 is 26.9. The molecular formula is C14H18N2O2S. The van der Waals surface area contributed by atoms with E-state index >= 15 is 0 Å². The van der Waals surface area contributed by atoms with Crippen LogP contribution in [-0.2, 0) is 10.0 Å². The van der Waals surface area contributed by atoms with Crippen LogP contribution < -0.4 is 0 Å². The Hall–Kier alpha value is -1.38. The Morgan fingerprint density at radius 3 is 2.47 bits per heavy atom. The van der Waals surface area contributed by atoms with E-state index in [1.54, 1.807) is 16.4 Å². The van der Waals surface area contributed by atoms with Gasteiger partial charge in [0.1, 0.15) is 0 Å². The van der Waals surface area contributed by atoms with Crippen LogP contribution in [-0.4, -0.2) is 24.8 Å². The minimum Gasteiger partial charge on any atom is -0.207 e. The minimum atomic E-state index is -3.45. The molecule has 1 saturated heterocycles. The maximum absolute atomic E-state index is 12.7. The molecule has 2 unspecified atom stereocenters. The van der Waals surface area contributed by atoms with Gasteiger partial charge in [-0.25, -0.2) is 8.42 Å². The zero-order chi connectivity index (χ0) is 14.0. The van der Waals surface area contributed by atoms with Crippen LogP contribution in [0.15, 0.2) is 29.2 Å². The van der Waals surface area contributed by atoms with Gasteiger partial charge >= 0.3 is 0 Å². The van der Waals surface area contributed by atoms with Crippen molar-refractivity contribution in [3.8, 4) is 6.07 Å². The van der Waals surface area contributed by atoms with Crippen molar-refractivity contribution < 1.29 is 8.42 Å². The molecule has 0 N–H and O–H groups in total. The molecule has 0 amide bonds. The summed E-state index contributed by atoms with van der Waals surface area (Å²) in [7, 11) is -3.45. The van der Waals surface area contributed by atoms with E-state index in [1.165, 1.54) is 12.1 Å². The zero-order valence-electron chi connectivity index (χ0n) is 11.2. The summed E-state index contributed by atoms with van der Waals surface area (Å²) in [5, 5.41) is 8.76. The van der Waals surface area contributed by atoms with Crippen molar-refractivity contribution in [2.75, 3.05) is 0 Å². The molecule has 1 aromatic rings. The van der Waals surface area contributed by atoms with E-state index in [0.29, 0.717) is 5.56 Å².